The van der Waals surface area contributed by atoms with Crippen molar-refractivity contribution in [3.05, 3.63) is 47.0 Å². The third-order valence-corrected chi connectivity index (χ3v) is 2.51. The fourth-order valence-corrected chi connectivity index (χ4v) is 1.66. The van der Waals surface area contributed by atoms with Crippen LogP contribution < -0.4 is 5.32 Å². The molecule has 1 N–H and O–H groups in total. The highest BCUT2D eigenvalue weighted by Gasteiger charge is 2.06. The SMILES string of the molecule is C=CC(NC)c1ccccc1Br. The van der Waals surface area contributed by atoms with E-state index in [2.05, 4.69) is 33.9 Å². The average molecular weight is 226 g/mol. The minimum Gasteiger partial charge on any atom is -0.310 e. The summed E-state index contributed by atoms with van der Waals surface area (Å²) >= 11 is 3.49. The molecule has 0 aliphatic heterocycles. The first kappa shape index (κ1) is 9.49. The van der Waals surface area contributed by atoms with E-state index in [4.69, 9.17) is 0 Å². The van der Waals surface area contributed by atoms with Crippen LogP contribution in [-0.4, -0.2) is 7.05 Å². The van der Waals surface area contributed by atoms with Gasteiger partial charge in [-0.3, -0.25) is 0 Å². The van der Waals surface area contributed by atoms with Gasteiger partial charge in [-0.1, -0.05) is 40.2 Å². The second kappa shape index (κ2) is 4.43. The van der Waals surface area contributed by atoms with E-state index in [0.717, 1.165) is 4.47 Å². The topological polar surface area (TPSA) is 12.0 Å². The van der Waals surface area contributed by atoms with Crippen LogP contribution in [0.3, 0.4) is 0 Å². The van der Waals surface area contributed by atoms with Gasteiger partial charge in [-0.2, -0.15) is 0 Å². The Balaban J connectivity index is 3.00. The van der Waals surface area contributed by atoms with Crippen LogP contribution in [-0.2, 0) is 0 Å². The van der Waals surface area contributed by atoms with Gasteiger partial charge < -0.3 is 5.32 Å². The third kappa shape index (κ3) is 1.96. The minimum absolute atomic E-state index is 0.223. The molecule has 1 atom stereocenters. The van der Waals surface area contributed by atoms with Gasteiger partial charge in [-0.25, -0.2) is 0 Å². The van der Waals surface area contributed by atoms with Crippen LogP contribution in [0.4, 0.5) is 0 Å². The number of hydrogen-bond acceptors (Lipinski definition) is 1. The van der Waals surface area contributed by atoms with Crippen LogP contribution in [0.1, 0.15) is 11.6 Å². The van der Waals surface area contributed by atoms with Crippen molar-refractivity contribution in [1.82, 2.24) is 5.32 Å². The van der Waals surface area contributed by atoms with Crippen molar-refractivity contribution in [3.8, 4) is 0 Å². The van der Waals surface area contributed by atoms with Crippen molar-refractivity contribution in [2.24, 2.45) is 0 Å². The van der Waals surface area contributed by atoms with E-state index in [9.17, 15) is 0 Å². The van der Waals surface area contributed by atoms with Gasteiger partial charge in [0.2, 0.25) is 0 Å². The van der Waals surface area contributed by atoms with Gasteiger partial charge in [0.1, 0.15) is 0 Å². The summed E-state index contributed by atoms with van der Waals surface area (Å²) in [5.74, 6) is 0. The van der Waals surface area contributed by atoms with E-state index < -0.39 is 0 Å². The van der Waals surface area contributed by atoms with Crippen LogP contribution >= 0.6 is 15.9 Å². The summed E-state index contributed by atoms with van der Waals surface area (Å²) in [6, 6.07) is 8.36. The highest BCUT2D eigenvalue weighted by Crippen LogP contribution is 2.23. The Morgan fingerprint density at radius 3 is 2.67 bits per heavy atom. The van der Waals surface area contributed by atoms with Gasteiger partial charge in [-0.05, 0) is 18.7 Å². The lowest BCUT2D eigenvalue weighted by atomic mass is 10.1. The lowest BCUT2D eigenvalue weighted by Gasteiger charge is -2.12. The molecule has 0 saturated heterocycles. The molecule has 0 aliphatic rings. The normalized spacial score (nSPS) is 12.5. The van der Waals surface area contributed by atoms with E-state index in [1.807, 2.05) is 31.3 Å². The number of halogens is 1. The van der Waals surface area contributed by atoms with Crippen LogP contribution in [0, 0.1) is 0 Å². The standard InChI is InChI=1S/C10H12BrN/c1-3-10(12-2)8-6-4-5-7-9(8)11/h3-7,10,12H,1H2,2H3. The summed E-state index contributed by atoms with van der Waals surface area (Å²) in [7, 11) is 1.92. The van der Waals surface area contributed by atoms with Crippen LogP contribution in [0.2, 0.25) is 0 Å². The first-order chi connectivity index (χ1) is 5.79. The molecule has 0 fully saturated rings. The Morgan fingerprint density at radius 1 is 1.50 bits per heavy atom. The molecule has 2 heteroatoms. The van der Waals surface area contributed by atoms with Crippen LogP contribution in [0.15, 0.2) is 41.4 Å². The quantitative estimate of drug-likeness (QED) is 0.781. The van der Waals surface area contributed by atoms with Gasteiger partial charge >= 0.3 is 0 Å². The number of likely N-dealkylation sites (N-methyl/N-ethyl adjacent to an activating group) is 1. The molecular formula is C10H12BrN. The fraction of sp³-hybridized carbons (Fsp3) is 0.200. The Bertz CT molecular complexity index is 270. The maximum absolute atomic E-state index is 3.77. The third-order valence-electron chi connectivity index (χ3n) is 1.79. The molecule has 0 radical (unpaired) electrons. The van der Waals surface area contributed by atoms with Gasteiger partial charge in [0.15, 0.2) is 0 Å². The molecule has 1 nitrogen and oxygen atoms in total. The highest BCUT2D eigenvalue weighted by molar-refractivity contribution is 9.10. The lowest BCUT2D eigenvalue weighted by Crippen LogP contribution is -2.13. The predicted octanol–water partition coefficient (Wildman–Crippen LogP) is 2.90. The van der Waals surface area contributed by atoms with Crippen LogP contribution in [0.5, 0.6) is 0 Å². The summed E-state index contributed by atoms with van der Waals surface area (Å²) in [6.07, 6.45) is 1.89. The summed E-state index contributed by atoms with van der Waals surface area (Å²) in [6.45, 7) is 3.77. The van der Waals surface area contributed by atoms with E-state index in [1.165, 1.54) is 5.56 Å². The fourth-order valence-electron chi connectivity index (χ4n) is 1.13. The second-order valence-corrected chi connectivity index (χ2v) is 3.38. The van der Waals surface area contributed by atoms with Gasteiger partial charge in [0.05, 0.1) is 6.04 Å². The lowest BCUT2D eigenvalue weighted by molar-refractivity contribution is 0.713. The molecule has 0 heterocycles. The molecule has 1 aromatic rings. The van der Waals surface area contributed by atoms with Crippen molar-refractivity contribution in [1.29, 1.82) is 0 Å². The molecule has 1 unspecified atom stereocenters. The van der Waals surface area contributed by atoms with Crippen molar-refractivity contribution in [3.63, 3.8) is 0 Å². The van der Waals surface area contributed by atoms with Crippen LogP contribution in [0.25, 0.3) is 0 Å². The molecule has 0 spiro atoms. The Labute approximate surface area is 81.6 Å². The molecule has 0 bridgehead atoms. The Morgan fingerprint density at radius 2 is 2.17 bits per heavy atom. The number of nitrogens with one attached hydrogen (secondary N) is 1. The molecule has 0 saturated carbocycles. The number of benzene rings is 1. The van der Waals surface area contributed by atoms with Crippen molar-refractivity contribution in [2.75, 3.05) is 7.05 Å². The minimum atomic E-state index is 0.223. The van der Waals surface area contributed by atoms with E-state index in [1.54, 1.807) is 0 Å². The molecule has 12 heavy (non-hydrogen) atoms. The largest absolute Gasteiger partial charge is 0.310 e. The molecule has 1 aromatic carbocycles. The van der Waals surface area contributed by atoms with Crippen molar-refractivity contribution >= 4 is 15.9 Å². The Hall–Kier alpha value is -0.600. The van der Waals surface area contributed by atoms with E-state index >= 15 is 0 Å². The van der Waals surface area contributed by atoms with Gasteiger partial charge in [0, 0.05) is 4.47 Å². The highest BCUT2D eigenvalue weighted by atomic mass is 79.9. The molecule has 64 valence electrons. The summed E-state index contributed by atoms with van der Waals surface area (Å²) in [4.78, 5) is 0. The summed E-state index contributed by atoms with van der Waals surface area (Å²) in [5.41, 5.74) is 1.22. The maximum Gasteiger partial charge on any atom is 0.0512 e. The Kier molecular flexibility index (Phi) is 3.50. The maximum atomic E-state index is 3.77. The molecule has 0 amide bonds. The van der Waals surface area contributed by atoms with E-state index in [-0.39, 0.29) is 6.04 Å². The monoisotopic (exact) mass is 225 g/mol. The van der Waals surface area contributed by atoms with Crippen molar-refractivity contribution < 1.29 is 0 Å². The molecular weight excluding hydrogens is 214 g/mol. The zero-order valence-corrected chi connectivity index (χ0v) is 8.64. The number of hydrogen-bond donors (Lipinski definition) is 1. The first-order valence-corrected chi connectivity index (χ1v) is 4.63. The summed E-state index contributed by atoms with van der Waals surface area (Å²) in [5, 5.41) is 3.16. The molecule has 0 aliphatic carbocycles. The smallest absolute Gasteiger partial charge is 0.0512 e. The zero-order valence-electron chi connectivity index (χ0n) is 7.05. The van der Waals surface area contributed by atoms with Crippen molar-refractivity contribution in [2.45, 2.75) is 6.04 Å². The van der Waals surface area contributed by atoms with Gasteiger partial charge in [0.25, 0.3) is 0 Å². The predicted molar refractivity (Wildman–Crippen MR) is 56.1 cm³/mol. The first-order valence-electron chi connectivity index (χ1n) is 3.84. The second-order valence-electron chi connectivity index (χ2n) is 2.52. The summed E-state index contributed by atoms with van der Waals surface area (Å²) < 4.78 is 1.12. The molecule has 1 rings (SSSR count). The van der Waals surface area contributed by atoms with Gasteiger partial charge in [-0.15, -0.1) is 6.58 Å². The van der Waals surface area contributed by atoms with E-state index in [0.29, 0.717) is 0 Å². The average Bonchev–Trinajstić information content (AvgIpc) is 2.10. The zero-order chi connectivity index (χ0) is 8.97. The number of rotatable bonds is 3. The molecule has 0 aromatic heterocycles.